The van der Waals surface area contributed by atoms with E-state index in [0.29, 0.717) is 34.7 Å². The second-order valence-electron chi connectivity index (χ2n) is 4.27. The maximum atomic E-state index is 12.1. The number of halogens is 2. The molecule has 2 rings (SSSR count). The highest BCUT2D eigenvalue weighted by atomic mass is 35.5. The number of ether oxygens (including phenoxy) is 1. The van der Waals surface area contributed by atoms with Gasteiger partial charge in [-0.2, -0.15) is 0 Å². The lowest BCUT2D eigenvalue weighted by molar-refractivity contribution is 0.102. The van der Waals surface area contributed by atoms with Gasteiger partial charge in [0.05, 0.1) is 22.3 Å². The largest absolute Gasteiger partial charge is 0.383 e. The first-order chi connectivity index (χ1) is 10.6. The predicted molar refractivity (Wildman–Crippen MR) is 86.8 cm³/mol. The van der Waals surface area contributed by atoms with E-state index in [2.05, 4.69) is 20.8 Å². The molecule has 0 saturated carbocycles. The number of carbonyl (C=O) groups is 1. The van der Waals surface area contributed by atoms with Gasteiger partial charge in [0.25, 0.3) is 5.91 Å². The number of rotatable bonds is 6. The van der Waals surface area contributed by atoms with Gasteiger partial charge in [0.2, 0.25) is 0 Å². The molecule has 2 N–H and O–H groups in total. The smallest absolute Gasteiger partial charge is 0.276 e. The Kier molecular flexibility index (Phi) is 5.94. The summed E-state index contributed by atoms with van der Waals surface area (Å²) < 4.78 is 4.91. The lowest BCUT2D eigenvalue weighted by Crippen LogP contribution is -2.16. The Morgan fingerprint density at radius 3 is 2.50 bits per heavy atom. The molecule has 0 aliphatic heterocycles. The molecule has 22 heavy (non-hydrogen) atoms. The first-order valence-corrected chi connectivity index (χ1v) is 7.19. The fraction of sp³-hybridized carbons (Fsp3) is 0.214. The number of hydrogen-bond donors (Lipinski definition) is 2. The fourth-order valence-electron chi connectivity index (χ4n) is 1.62. The third-order valence-corrected chi connectivity index (χ3v) is 3.34. The lowest BCUT2D eigenvalue weighted by atomic mass is 10.3. The van der Waals surface area contributed by atoms with Crippen LogP contribution in [0.2, 0.25) is 10.0 Å². The van der Waals surface area contributed by atoms with Crippen molar-refractivity contribution in [2.24, 2.45) is 0 Å². The Labute approximate surface area is 137 Å². The Bertz CT molecular complexity index is 630. The van der Waals surface area contributed by atoms with E-state index >= 15 is 0 Å². The van der Waals surface area contributed by atoms with E-state index in [0.717, 1.165) is 0 Å². The van der Waals surface area contributed by atoms with Gasteiger partial charge in [-0.25, -0.2) is 0 Å². The minimum absolute atomic E-state index is 0.160. The number of methoxy groups -OCH3 is 1. The molecule has 0 aliphatic rings. The second-order valence-corrected chi connectivity index (χ2v) is 5.09. The van der Waals surface area contributed by atoms with Crippen molar-refractivity contribution < 1.29 is 9.53 Å². The van der Waals surface area contributed by atoms with Crippen molar-refractivity contribution in [2.45, 2.75) is 0 Å². The Balaban J connectivity index is 2.04. The zero-order valence-electron chi connectivity index (χ0n) is 11.8. The average molecular weight is 341 g/mol. The molecule has 8 heteroatoms. The third-order valence-electron chi connectivity index (χ3n) is 2.71. The minimum Gasteiger partial charge on any atom is -0.383 e. The number of carbonyl (C=O) groups excluding carboxylic acids is 1. The van der Waals surface area contributed by atoms with E-state index in [9.17, 15) is 4.79 Å². The number of nitrogens with one attached hydrogen (secondary N) is 2. The third kappa shape index (κ3) is 4.30. The number of benzene rings is 1. The summed E-state index contributed by atoms with van der Waals surface area (Å²) >= 11 is 12.0. The molecule has 0 radical (unpaired) electrons. The molecule has 6 nitrogen and oxygen atoms in total. The number of para-hydroxylation sites is 1. The van der Waals surface area contributed by atoms with Crippen molar-refractivity contribution in [3.05, 3.63) is 46.1 Å². The van der Waals surface area contributed by atoms with Crippen LogP contribution in [0.15, 0.2) is 30.3 Å². The zero-order chi connectivity index (χ0) is 15.9. The van der Waals surface area contributed by atoms with E-state index in [1.54, 1.807) is 37.4 Å². The van der Waals surface area contributed by atoms with Crippen LogP contribution in [0.25, 0.3) is 0 Å². The molecule has 0 saturated heterocycles. The maximum Gasteiger partial charge on any atom is 0.276 e. The van der Waals surface area contributed by atoms with E-state index < -0.39 is 5.91 Å². The highest BCUT2D eigenvalue weighted by molar-refractivity contribution is 6.39. The van der Waals surface area contributed by atoms with Crippen LogP contribution in [0.4, 0.5) is 11.5 Å². The fourth-order valence-corrected chi connectivity index (χ4v) is 2.12. The Hall–Kier alpha value is -1.89. The molecule has 0 bridgehead atoms. The van der Waals surface area contributed by atoms with Gasteiger partial charge in [-0.3, -0.25) is 4.79 Å². The normalized spacial score (nSPS) is 10.3. The average Bonchev–Trinajstić information content (AvgIpc) is 2.52. The summed E-state index contributed by atoms with van der Waals surface area (Å²) in [6.45, 7) is 1.15. The van der Waals surface area contributed by atoms with E-state index in [4.69, 9.17) is 27.9 Å². The van der Waals surface area contributed by atoms with Crippen molar-refractivity contribution >= 4 is 40.6 Å². The molecule has 0 atom stereocenters. The van der Waals surface area contributed by atoms with Gasteiger partial charge in [-0.05, 0) is 24.3 Å². The second kappa shape index (κ2) is 7.93. The molecule has 116 valence electrons. The SMILES string of the molecule is COCCNc1ccc(C(=O)Nc2c(Cl)cccc2Cl)nn1. The molecule has 1 aromatic carbocycles. The molecule has 1 amide bonds. The van der Waals surface area contributed by atoms with Gasteiger partial charge in [0.1, 0.15) is 5.82 Å². The molecule has 0 unspecified atom stereocenters. The molecule has 2 aromatic rings. The summed E-state index contributed by atoms with van der Waals surface area (Å²) in [6, 6.07) is 8.18. The van der Waals surface area contributed by atoms with Crippen LogP contribution in [0, 0.1) is 0 Å². The molecule has 1 heterocycles. The van der Waals surface area contributed by atoms with Gasteiger partial charge in [0.15, 0.2) is 5.69 Å². The van der Waals surface area contributed by atoms with Crippen LogP contribution in [0.5, 0.6) is 0 Å². The Morgan fingerprint density at radius 2 is 1.91 bits per heavy atom. The summed E-state index contributed by atoms with van der Waals surface area (Å²) in [5.41, 5.74) is 0.508. The van der Waals surface area contributed by atoms with Crippen molar-refractivity contribution in [2.75, 3.05) is 30.9 Å². The van der Waals surface area contributed by atoms with Crippen molar-refractivity contribution in [3.63, 3.8) is 0 Å². The van der Waals surface area contributed by atoms with Gasteiger partial charge in [-0.15, -0.1) is 10.2 Å². The number of hydrogen-bond acceptors (Lipinski definition) is 5. The quantitative estimate of drug-likeness (QED) is 0.790. The van der Waals surface area contributed by atoms with Crippen LogP contribution in [-0.2, 0) is 4.74 Å². The topological polar surface area (TPSA) is 76.1 Å². The molecule has 1 aromatic heterocycles. The van der Waals surface area contributed by atoms with Crippen LogP contribution < -0.4 is 10.6 Å². The molecule has 0 fully saturated rings. The lowest BCUT2D eigenvalue weighted by Gasteiger charge is -2.09. The molecular formula is C14H14Cl2N4O2. The summed E-state index contributed by atoms with van der Waals surface area (Å²) in [5.74, 6) is 0.121. The summed E-state index contributed by atoms with van der Waals surface area (Å²) in [5, 5.41) is 14.1. The zero-order valence-corrected chi connectivity index (χ0v) is 13.3. The summed E-state index contributed by atoms with van der Waals surface area (Å²) in [6.07, 6.45) is 0. The highest BCUT2D eigenvalue weighted by Gasteiger charge is 2.13. The van der Waals surface area contributed by atoms with Gasteiger partial charge in [0, 0.05) is 13.7 Å². The van der Waals surface area contributed by atoms with Gasteiger partial charge < -0.3 is 15.4 Å². The first kappa shape index (κ1) is 16.5. The monoisotopic (exact) mass is 340 g/mol. The van der Waals surface area contributed by atoms with Crippen molar-refractivity contribution in [3.8, 4) is 0 Å². The van der Waals surface area contributed by atoms with Crippen molar-refractivity contribution in [1.29, 1.82) is 0 Å². The van der Waals surface area contributed by atoms with Gasteiger partial charge >= 0.3 is 0 Å². The Morgan fingerprint density at radius 1 is 1.18 bits per heavy atom. The number of amides is 1. The molecular weight excluding hydrogens is 327 g/mol. The molecule has 0 spiro atoms. The highest BCUT2D eigenvalue weighted by Crippen LogP contribution is 2.30. The first-order valence-electron chi connectivity index (χ1n) is 6.43. The van der Waals surface area contributed by atoms with E-state index in [1.165, 1.54) is 0 Å². The molecule has 0 aliphatic carbocycles. The predicted octanol–water partition coefficient (Wildman–Crippen LogP) is 3.09. The number of anilines is 2. The maximum absolute atomic E-state index is 12.1. The van der Waals surface area contributed by atoms with Crippen LogP contribution in [-0.4, -0.2) is 36.4 Å². The number of nitrogens with zero attached hydrogens (tertiary/aromatic N) is 2. The number of aromatic nitrogens is 2. The standard InChI is InChI=1S/C14H14Cl2N4O2/c1-22-8-7-17-12-6-5-11(19-20-12)14(21)18-13-9(15)3-2-4-10(13)16/h2-6H,7-8H2,1H3,(H,17,20)(H,18,21). The van der Waals surface area contributed by atoms with Crippen LogP contribution in [0.3, 0.4) is 0 Å². The van der Waals surface area contributed by atoms with E-state index in [-0.39, 0.29) is 5.69 Å². The van der Waals surface area contributed by atoms with Crippen LogP contribution >= 0.6 is 23.2 Å². The van der Waals surface area contributed by atoms with Crippen LogP contribution in [0.1, 0.15) is 10.5 Å². The summed E-state index contributed by atoms with van der Waals surface area (Å²) in [7, 11) is 1.61. The van der Waals surface area contributed by atoms with E-state index in [1.807, 2.05) is 0 Å². The van der Waals surface area contributed by atoms with Crippen molar-refractivity contribution in [1.82, 2.24) is 10.2 Å². The minimum atomic E-state index is -0.439. The van der Waals surface area contributed by atoms with Gasteiger partial charge in [-0.1, -0.05) is 29.3 Å². The summed E-state index contributed by atoms with van der Waals surface area (Å²) in [4.78, 5) is 12.1.